The SMILES string of the molecule is CC1(C)N([O])C(c2ccc(/C=C/c3ccccc3)cc2)=[N+]([O-])C1(C)C. The highest BCUT2D eigenvalue weighted by molar-refractivity contribution is 5.96. The topological polar surface area (TPSA) is 49.2 Å². The molecule has 2 aromatic carbocycles. The van der Waals surface area contributed by atoms with Crippen molar-refractivity contribution in [2.75, 3.05) is 0 Å². The van der Waals surface area contributed by atoms with Crippen molar-refractivity contribution >= 4 is 18.0 Å². The molecule has 1 aliphatic rings. The van der Waals surface area contributed by atoms with Crippen LogP contribution in [-0.2, 0) is 5.21 Å². The minimum Gasteiger partial charge on any atom is -0.714 e. The van der Waals surface area contributed by atoms with Gasteiger partial charge in [-0.2, -0.15) is 0 Å². The summed E-state index contributed by atoms with van der Waals surface area (Å²) in [6.45, 7) is 7.20. The molecule has 3 rings (SSSR count). The van der Waals surface area contributed by atoms with Crippen LogP contribution in [0.25, 0.3) is 12.2 Å². The van der Waals surface area contributed by atoms with E-state index in [9.17, 15) is 10.4 Å². The maximum absolute atomic E-state index is 12.7. The molecule has 2 aromatic rings. The van der Waals surface area contributed by atoms with E-state index in [4.69, 9.17) is 0 Å². The number of hydrogen-bond donors (Lipinski definition) is 0. The first-order valence-corrected chi connectivity index (χ1v) is 8.40. The van der Waals surface area contributed by atoms with Crippen molar-refractivity contribution < 1.29 is 9.95 Å². The summed E-state index contributed by atoms with van der Waals surface area (Å²) in [6.07, 6.45) is 4.04. The minimum absolute atomic E-state index is 0.175. The van der Waals surface area contributed by atoms with Crippen LogP contribution in [0.15, 0.2) is 54.6 Å². The van der Waals surface area contributed by atoms with Crippen molar-refractivity contribution in [3.8, 4) is 0 Å². The van der Waals surface area contributed by atoms with Crippen molar-refractivity contribution in [3.63, 3.8) is 0 Å². The van der Waals surface area contributed by atoms with Crippen LogP contribution in [-0.4, -0.2) is 26.7 Å². The summed E-state index contributed by atoms with van der Waals surface area (Å²) in [5.41, 5.74) is 1.18. The van der Waals surface area contributed by atoms with Crippen LogP contribution in [0.1, 0.15) is 44.4 Å². The molecule has 1 heterocycles. The van der Waals surface area contributed by atoms with E-state index in [1.165, 1.54) is 0 Å². The van der Waals surface area contributed by atoms with Crippen LogP contribution in [0.5, 0.6) is 0 Å². The second-order valence-electron chi connectivity index (χ2n) is 7.40. The van der Waals surface area contributed by atoms with E-state index in [2.05, 4.69) is 0 Å². The van der Waals surface area contributed by atoms with E-state index in [0.717, 1.165) is 20.9 Å². The van der Waals surface area contributed by atoms with Gasteiger partial charge in [-0.3, -0.25) is 4.74 Å². The Morgan fingerprint density at radius 1 is 0.880 bits per heavy atom. The molecule has 0 saturated carbocycles. The monoisotopic (exact) mass is 335 g/mol. The summed E-state index contributed by atoms with van der Waals surface area (Å²) in [4.78, 5) is 0. The summed E-state index contributed by atoms with van der Waals surface area (Å²) >= 11 is 0. The van der Waals surface area contributed by atoms with E-state index in [-0.39, 0.29) is 5.84 Å². The van der Waals surface area contributed by atoms with Crippen molar-refractivity contribution in [1.82, 2.24) is 5.06 Å². The number of rotatable bonds is 3. The summed E-state index contributed by atoms with van der Waals surface area (Å²) < 4.78 is 0.842. The van der Waals surface area contributed by atoms with Crippen molar-refractivity contribution in [3.05, 3.63) is 76.5 Å². The maximum atomic E-state index is 12.7. The minimum atomic E-state index is -0.796. The molecule has 1 aliphatic heterocycles. The molecular weight excluding hydrogens is 312 g/mol. The third kappa shape index (κ3) is 2.83. The van der Waals surface area contributed by atoms with Crippen LogP contribution >= 0.6 is 0 Å². The Balaban J connectivity index is 1.88. The Morgan fingerprint density at radius 2 is 1.40 bits per heavy atom. The third-order valence-electron chi connectivity index (χ3n) is 5.33. The second-order valence-corrected chi connectivity index (χ2v) is 7.40. The van der Waals surface area contributed by atoms with E-state index >= 15 is 0 Å². The summed E-state index contributed by atoms with van der Waals surface area (Å²) in [7, 11) is 0. The van der Waals surface area contributed by atoms with E-state index in [1.807, 2.05) is 66.7 Å². The van der Waals surface area contributed by atoms with Crippen LogP contribution in [0, 0.1) is 5.21 Å². The third-order valence-corrected chi connectivity index (χ3v) is 5.33. The van der Waals surface area contributed by atoms with Gasteiger partial charge in [0.2, 0.25) is 0 Å². The summed E-state index contributed by atoms with van der Waals surface area (Å²) in [5.74, 6) is 0.175. The molecule has 0 saturated heterocycles. The molecule has 0 spiro atoms. The Bertz CT molecular complexity index is 819. The number of nitrogens with zero attached hydrogens (tertiary/aromatic N) is 2. The lowest BCUT2D eigenvalue weighted by Crippen LogP contribution is -2.53. The molecule has 0 amide bonds. The predicted octanol–water partition coefficient (Wildman–Crippen LogP) is 4.33. The smallest absolute Gasteiger partial charge is 0.316 e. The van der Waals surface area contributed by atoms with E-state index in [1.54, 1.807) is 27.7 Å². The Morgan fingerprint density at radius 3 is 1.88 bits per heavy atom. The van der Waals surface area contributed by atoms with Crippen LogP contribution in [0.2, 0.25) is 0 Å². The van der Waals surface area contributed by atoms with Gasteiger partial charge in [-0.15, -0.1) is 0 Å². The van der Waals surface area contributed by atoms with Gasteiger partial charge in [-0.25, -0.2) is 0 Å². The molecule has 1 radical (unpaired) electrons. The van der Waals surface area contributed by atoms with E-state index in [0.29, 0.717) is 5.56 Å². The van der Waals surface area contributed by atoms with Crippen molar-refractivity contribution in [1.29, 1.82) is 0 Å². The van der Waals surface area contributed by atoms with Crippen LogP contribution < -0.4 is 0 Å². The van der Waals surface area contributed by atoms with Crippen LogP contribution in [0.4, 0.5) is 0 Å². The molecule has 25 heavy (non-hydrogen) atoms. The fourth-order valence-electron chi connectivity index (χ4n) is 2.84. The Kier molecular flexibility index (Phi) is 4.17. The van der Waals surface area contributed by atoms with Crippen molar-refractivity contribution in [2.24, 2.45) is 0 Å². The second kappa shape index (κ2) is 6.05. The highest BCUT2D eigenvalue weighted by Gasteiger charge is 2.59. The fraction of sp³-hybridized carbons (Fsp3) is 0.286. The first-order valence-electron chi connectivity index (χ1n) is 8.40. The van der Waals surface area contributed by atoms with Gasteiger partial charge in [0.05, 0.1) is 5.56 Å². The van der Waals surface area contributed by atoms with Crippen LogP contribution in [0.3, 0.4) is 0 Å². The number of hydroxylamine groups is 3. The van der Waals surface area contributed by atoms with Gasteiger partial charge < -0.3 is 5.21 Å². The zero-order valence-electron chi connectivity index (χ0n) is 15.1. The standard InChI is InChI=1S/C21H23N2O2/c1-20(2)21(3,4)23(25)19(22(20)24)18-14-12-17(13-15-18)11-10-16-8-6-5-7-9-16/h5-15H,1-4H3/b11-10+. The molecule has 0 N–H and O–H groups in total. The van der Waals surface area contributed by atoms with Crippen molar-refractivity contribution in [2.45, 2.75) is 38.8 Å². The lowest BCUT2D eigenvalue weighted by Gasteiger charge is -2.32. The van der Waals surface area contributed by atoms with Gasteiger partial charge in [0, 0.05) is 5.21 Å². The average Bonchev–Trinajstić information content (AvgIpc) is 2.72. The quantitative estimate of drug-likeness (QED) is 0.476. The van der Waals surface area contributed by atoms with Gasteiger partial charge in [0.15, 0.2) is 5.54 Å². The van der Waals surface area contributed by atoms with Gasteiger partial charge >= 0.3 is 5.84 Å². The predicted molar refractivity (Wildman–Crippen MR) is 100 cm³/mol. The van der Waals surface area contributed by atoms with Gasteiger partial charge in [-0.1, -0.05) is 59.7 Å². The first kappa shape index (κ1) is 17.2. The normalized spacial score (nSPS) is 19.0. The van der Waals surface area contributed by atoms with Gasteiger partial charge in [0.25, 0.3) is 0 Å². The molecule has 0 unspecified atom stereocenters. The van der Waals surface area contributed by atoms with E-state index < -0.39 is 11.1 Å². The summed E-state index contributed by atoms with van der Waals surface area (Å²) in [5, 5.41) is 26.2. The largest absolute Gasteiger partial charge is 0.714 e. The lowest BCUT2D eigenvalue weighted by molar-refractivity contribution is -0.539. The average molecular weight is 335 g/mol. The Hall–Kier alpha value is -2.59. The number of amidine groups is 1. The van der Waals surface area contributed by atoms with Gasteiger partial charge in [-0.05, 0) is 51.0 Å². The lowest BCUT2D eigenvalue weighted by atomic mass is 9.84. The highest BCUT2D eigenvalue weighted by Crippen LogP contribution is 2.37. The molecule has 0 fully saturated rings. The van der Waals surface area contributed by atoms with Gasteiger partial charge in [0.1, 0.15) is 5.54 Å². The molecule has 4 heteroatoms. The molecule has 0 atom stereocenters. The number of benzene rings is 2. The first-order chi connectivity index (χ1) is 11.7. The molecule has 4 nitrogen and oxygen atoms in total. The molecule has 0 bridgehead atoms. The highest BCUT2D eigenvalue weighted by atomic mass is 16.5. The zero-order chi connectivity index (χ0) is 18.2. The molecule has 0 aliphatic carbocycles. The summed E-state index contributed by atoms with van der Waals surface area (Å²) in [6, 6.07) is 17.5. The number of hydrogen-bond acceptors (Lipinski definition) is 2. The molecule has 129 valence electrons. The fourth-order valence-corrected chi connectivity index (χ4v) is 2.84. The Labute approximate surface area is 148 Å². The zero-order valence-corrected chi connectivity index (χ0v) is 15.1. The molecular formula is C21H23N2O2. The molecule has 0 aromatic heterocycles. The maximum Gasteiger partial charge on any atom is 0.316 e.